The van der Waals surface area contributed by atoms with Crippen LogP contribution >= 0.6 is 0 Å². The van der Waals surface area contributed by atoms with Crippen molar-refractivity contribution >= 4 is 12.0 Å². The maximum atomic E-state index is 11.5. The summed E-state index contributed by atoms with van der Waals surface area (Å²) in [6.45, 7) is 1.89. The van der Waals surface area contributed by atoms with Gasteiger partial charge in [-0.05, 0) is 24.6 Å². The molecule has 1 aromatic rings. The van der Waals surface area contributed by atoms with Crippen LogP contribution in [0.1, 0.15) is 12.5 Å². The highest BCUT2D eigenvalue weighted by Gasteiger charge is 2.10. The van der Waals surface area contributed by atoms with Gasteiger partial charge in [0.2, 0.25) is 0 Å². The van der Waals surface area contributed by atoms with Gasteiger partial charge < -0.3 is 9.47 Å². The van der Waals surface area contributed by atoms with E-state index in [2.05, 4.69) is 10.0 Å². The molecule has 0 saturated carbocycles. The quantitative estimate of drug-likeness (QED) is 0.263. The summed E-state index contributed by atoms with van der Waals surface area (Å²) in [5, 5.41) is 3.32. The van der Waals surface area contributed by atoms with Gasteiger partial charge >= 0.3 is 5.97 Å². The van der Waals surface area contributed by atoms with Crippen LogP contribution in [0.5, 0.6) is 5.75 Å². The fourth-order valence-corrected chi connectivity index (χ4v) is 1.31. The van der Waals surface area contributed by atoms with Gasteiger partial charge in [-0.3, -0.25) is 0 Å². The normalized spacial score (nSPS) is 10.4. The van der Waals surface area contributed by atoms with Crippen LogP contribution in [0.2, 0.25) is 0 Å². The van der Waals surface area contributed by atoms with Crippen LogP contribution in [-0.4, -0.2) is 19.7 Å². The van der Waals surface area contributed by atoms with E-state index in [9.17, 15) is 4.79 Å². The van der Waals surface area contributed by atoms with Gasteiger partial charge in [-0.15, -0.1) is 0 Å². The Bertz CT molecular complexity index is 505. The van der Waals surface area contributed by atoms with Crippen LogP contribution < -0.4 is 4.74 Å². The third-order valence-electron chi connectivity index (χ3n) is 2.07. The molecular formula is C12H13N3O3. The summed E-state index contributed by atoms with van der Waals surface area (Å²) in [7, 11) is 1.52. The maximum absolute atomic E-state index is 11.5. The predicted octanol–water partition coefficient (Wildman–Crippen LogP) is 2.91. The van der Waals surface area contributed by atoms with Crippen LogP contribution in [0.15, 0.2) is 35.1 Å². The molecule has 0 bridgehead atoms. The zero-order valence-corrected chi connectivity index (χ0v) is 10.2. The van der Waals surface area contributed by atoms with Gasteiger partial charge in [-0.1, -0.05) is 23.3 Å². The largest absolute Gasteiger partial charge is 0.496 e. The van der Waals surface area contributed by atoms with Crippen LogP contribution in [0.3, 0.4) is 0 Å². The molecule has 0 aliphatic rings. The van der Waals surface area contributed by atoms with E-state index in [0.717, 1.165) is 0 Å². The van der Waals surface area contributed by atoms with Gasteiger partial charge in [0.25, 0.3) is 0 Å². The first-order valence-electron chi connectivity index (χ1n) is 5.29. The highest BCUT2D eigenvalue weighted by atomic mass is 16.5. The molecule has 6 heteroatoms. The molecular weight excluding hydrogens is 234 g/mol. The summed E-state index contributed by atoms with van der Waals surface area (Å²) in [5.41, 5.74) is 8.96. The van der Waals surface area contributed by atoms with Gasteiger partial charge in [0.15, 0.2) is 0 Å². The molecule has 0 aliphatic carbocycles. The lowest BCUT2D eigenvalue weighted by molar-refractivity contribution is -0.138. The van der Waals surface area contributed by atoms with Crippen LogP contribution in [0, 0.1) is 0 Å². The van der Waals surface area contributed by atoms with E-state index in [1.54, 1.807) is 31.2 Å². The van der Waals surface area contributed by atoms with Crippen LogP contribution in [-0.2, 0) is 9.53 Å². The average Bonchev–Trinajstić information content (AvgIpc) is 2.39. The highest BCUT2D eigenvalue weighted by molar-refractivity contribution is 5.93. The van der Waals surface area contributed by atoms with Crippen molar-refractivity contribution in [1.82, 2.24) is 0 Å². The van der Waals surface area contributed by atoms with Crippen molar-refractivity contribution in [2.45, 2.75) is 6.92 Å². The predicted molar refractivity (Wildman–Crippen MR) is 66.8 cm³/mol. The number of ether oxygens (including phenoxy) is 2. The molecule has 1 rings (SSSR count). The molecule has 0 spiro atoms. The first-order chi connectivity index (χ1) is 8.72. The van der Waals surface area contributed by atoms with Crippen LogP contribution in [0.4, 0.5) is 0 Å². The molecule has 0 N–H and O–H groups in total. The Labute approximate surface area is 104 Å². The van der Waals surface area contributed by atoms with Gasteiger partial charge in [-0.25, -0.2) is 4.79 Å². The molecule has 0 aromatic heterocycles. The Morgan fingerprint density at radius 3 is 2.83 bits per heavy atom. The van der Waals surface area contributed by atoms with E-state index < -0.39 is 5.97 Å². The van der Waals surface area contributed by atoms with Gasteiger partial charge in [0, 0.05) is 10.5 Å². The van der Waals surface area contributed by atoms with E-state index in [-0.39, 0.29) is 12.3 Å². The fourth-order valence-electron chi connectivity index (χ4n) is 1.31. The van der Waals surface area contributed by atoms with Crippen molar-refractivity contribution < 1.29 is 14.3 Å². The molecule has 0 atom stereocenters. The second kappa shape index (κ2) is 6.98. The number of carbonyl (C=O) groups is 1. The number of hydrogen-bond donors (Lipinski definition) is 0. The summed E-state index contributed by atoms with van der Waals surface area (Å²) in [6.07, 6.45) is 1.43. The SMILES string of the molecule is CCOC(=O)/C(=C/c1ccccc1OC)N=[N+]=[N-]. The van der Waals surface area contributed by atoms with Crippen LogP contribution in [0.25, 0.3) is 16.5 Å². The number of esters is 1. The Hall–Kier alpha value is -2.46. The second-order valence-electron chi connectivity index (χ2n) is 3.18. The lowest BCUT2D eigenvalue weighted by Crippen LogP contribution is -2.05. The standard InChI is InChI=1S/C12H13N3O3/c1-3-18-12(16)10(14-15-13)8-9-6-4-5-7-11(9)17-2/h4-8H,3H2,1-2H3/b10-8-. The van der Waals surface area contributed by atoms with E-state index in [4.69, 9.17) is 15.0 Å². The fraction of sp³-hybridized carbons (Fsp3) is 0.250. The molecule has 0 aliphatic heterocycles. The van der Waals surface area contributed by atoms with Crippen molar-refractivity contribution in [3.63, 3.8) is 0 Å². The van der Waals surface area contributed by atoms with Crippen molar-refractivity contribution in [3.8, 4) is 5.75 Å². The van der Waals surface area contributed by atoms with E-state index in [0.29, 0.717) is 11.3 Å². The molecule has 1 aromatic carbocycles. The highest BCUT2D eigenvalue weighted by Crippen LogP contribution is 2.21. The minimum Gasteiger partial charge on any atom is -0.496 e. The number of hydrogen-bond acceptors (Lipinski definition) is 4. The number of carbonyl (C=O) groups excluding carboxylic acids is 1. The molecule has 0 radical (unpaired) electrons. The molecule has 0 amide bonds. The van der Waals surface area contributed by atoms with Gasteiger partial charge in [0.05, 0.1) is 13.7 Å². The van der Waals surface area contributed by atoms with Crippen molar-refractivity contribution in [2.24, 2.45) is 5.11 Å². The van der Waals surface area contributed by atoms with Crippen molar-refractivity contribution in [1.29, 1.82) is 0 Å². The monoisotopic (exact) mass is 247 g/mol. The molecule has 0 unspecified atom stereocenters. The molecule has 0 fully saturated rings. The first-order valence-corrected chi connectivity index (χ1v) is 5.29. The van der Waals surface area contributed by atoms with E-state index >= 15 is 0 Å². The minimum atomic E-state index is -0.666. The molecule has 0 heterocycles. The lowest BCUT2D eigenvalue weighted by atomic mass is 10.1. The molecule has 18 heavy (non-hydrogen) atoms. The smallest absolute Gasteiger partial charge is 0.340 e. The zero-order chi connectivity index (χ0) is 13.4. The van der Waals surface area contributed by atoms with Gasteiger partial charge in [0.1, 0.15) is 11.4 Å². The molecule has 94 valence electrons. The minimum absolute atomic E-state index is 0.108. The van der Waals surface area contributed by atoms with Crippen molar-refractivity contribution in [2.75, 3.05) is 13.7 Å². The number of benzene rings is 1. The Morgan fingerprint density at radius 2 is 2.22 bits per heavy atom. The molecule has 6 nitrogen and oxygen atoms in total. The van der Waals surface area contributed by atoms with E-state index in [1.165, 1.54) is 13.2 Å². The summed E-state index contributed by atoms with van der Waals surface area (Å²) in [5.74, 6) is -0.0892. The third-order valence-corrected chi connectivity index (χ3v) is 2.07. The summed E-state index contributed by atoms with van der Waals surface area (Å²) < 4.78 is 9.92. The number of nitrogens with zero attached hydrogens (tertiary/aromatic N) is 3. The maximum Gasteiger partial charge on any atom is 0.340 e. The third kappa shape index (κ3) is 3.54. The Morgan fingerprint density at radius 1 is 1.50 bits per heavy atom. The number of rotatable bonds is 5. The van der Waals surface area contributed by atoms with Gasteiger partial charge in [-0.2, -0.15) is 0 Å². The summed E-state index contributed by atoms with van der Waals surface area (Å²) >= 11 is 0. The summed E-state index contributed by atoms with van der Waals surface area (Å²) in [4.78, 5) is 14.1. The zero-order valence-electron chi connectivity index (χ0n) is 10.2. The first kappa shape index (κ1) is 13.6. The molecule has 0 saturated heterocycles. The number of azide groups is 1. The lowest BCUT2D eigenvalue weighted by Gasteiger charge is -2.05. The van der Waals surface area contributed by atoms with Crippen molar-refractivity contribution in [3.05, 3.63) is 46.0 Å². The average molecular weight is 247 g/mol. The number of methoxy groups -OCH3 is 1. The second-order valence-corrected chi connectivity index (χ2v) is 3.18. The number of para-hydroxylation sites is 1. The van der Waals surface area contributed by atoms with E-state index in [1.807, 2.05) is 0 Å². The topological polar surface area (TPSA) is 84.3 Å². The Kier molecular flexibility index (Phi) is 5.28. The summed E-state index contributed by atoms with van der Waals surface area (Å²) in [6, 6.07) is 7.07. The Balaban J connectivity index is 3.15.